The first-order valence-corrected chi connectivity index (χ1v) is 18.6. The molecule has 49 heavy (non-hydrogen) atoms. The fourth-order valence-corrected chi connectivity index (χ4v) is 7.80. The molecule has 0 aliphatic heterocycles. The van der Waals surface area contributed by atoms with Crippen LogP contribution in [0.2, 0.25) is 15.1 Å². The normalized spacial score (nSPS) is 14.1. The van der Waals surface area contributed by atoms with Gasteiger partial charge in [-0.1, -0.05) is 90.5 Å². The molecule has 1 aliphatic carbocycles. The molecular formula is C37H38Cl3N3O5S. The number of halogens is 3. The Kier molecular flexibility index (Phi) is 12.5. The monoisotopic (exact) mass is 741 g/mol. The van der Waals surface area contributed by atoms with Gasteiger partial charge in [0.05, 0.1) is 27.7 Å². The molecule has 12 heteroatoms. The predicted molar refractivity (Wildman–Crippen MR) is 195 cm³/mol. The van der Waals surface area contributed by atoms with E-state index in [1.54, 1.807) is 30.3 Å². The second kappa shape index (κ2) is 16.8. The summed E-state index contributed by atoms with van der Waals surface area (Å²) in [5.41, 5.74) is 1.70. The van der Waals surface area contributed by atoms with Crippen LogP contribution in [0.15, 0.2) is 102 Å². The van der Waals surface area contributed by atoms with Crippen molar-refractivity contribution in [3.8, 4) is 5.75 Å². The van der Waals surface area contributed by atoms with E-state index in [9.17, 15) is 18.0 Å². The summed E-state index contributed by atoms with van der Waals surface area (Å²) < 4.78 is 34.7. The number of sulfonamides is 1. The highest BCUT2D eigenvalue weighted by Crippen LogP contribution is 2.29. The van der Waals surface area contributed by atoms with Crippen molar-refractivity contribution < 1.29 is 22.7 Å². The van der Waals surface area contributed by atoms with Crippen LogP contribution in [-0.2, 0) is 32.6 Å². The molecule has 258 valence electrons. The van der Waals surface area contributed by atoms with Crippen LogP contribution in [-0.4, -0.2) is 50.9 Å². The Bertz CT molecular complexity index is 1840. The zero-order valence-corrected chi connectivity index (χ0v) is 30.1. The Labute approximate surface area is 303 Å². The van der Waals surface area contributed by atoms with Crippen LogP contribution in [0, 0.1) is 0 Å². The van der Waals surface area contributed by atoms with E-state index >= 15 is 0 Å². The summed E-state index contributed by atoms with van der Waals surface area (Å²) in [6.45, 7) is -0.623. The van der Waals surface area contributed by atoms with Crippen molar-refractivity contribution >= 4 is 62.3 Å². The molecule has 0 spiro atoms. The van der Waals surface area contributed by atoms with Gasteiger partial charge in [-0.3, -0.25) is 13.9 Å². The molecule has 5 rings (SSSR count). The predicted octanol–water partition coefficient (Wildman–Crippen LogP) is 7.94. The fourth-order valence-electron chi connectivity index (χ4n) is 5.94. The quantitative estimate of drug-likeness (QED) is 0.150. The molecular weight excluding hydrogens is 705 g/mol. The Balaban J connectivity index is 1.57. The first-order chi connectivity index (χ1) is 23.5. The zero-order valence-electron chi connectivity index (χ0n) is 27.0. The smallest absolute Gasteiger partial charge is 0.264 e. The molecule has 0 heterocycles. The molecule has 0 saturated heterocycles. The van der Waals surface area contributed by atoms with Crippen LogP contribution in [0.5, 0.6) is 5.75 Å². The number of amides is 2. The van der Waals surface area contributed by atoms with Crippen molar-refractivity contribution in [2.45, 2.75) is 62.0 Å². The molecule has 1 saturated carbocycles. The van der Waals surface area contributed by atoms with Crippen molar-refractivity contribution in [2.75, 3.05) is 18.0 Å². The van der Waals surface area contributed by atoms with Crippen molar-refractivity contribution in [1.29, 1.82) is 0 Å². The van der Waals surface area contributed by atoms with E-state index in [2.05, 4.69) is 5.32 Å². The maximum absolute atomic E-state index is 14.7. The van der Waals surface area contributed by atoms with Crippen LogP contribution < -0.4 is 14.4 Å². The van der Waals surface area contributed by atoms with Crippen LogP contribution >= 0.6 is 34.8 Å². The number of methoxy groups -OCH3 is 1. The number of hydrogen-bond acceptors (Lipinski definition) is 5. The summed E-state index contributed by atoms with van der Waals surface area (Å²) >= 11 is 18.8. The molecule has 1 fully saturated rings. The minimum Gasteiger partial charge on any atom is -0.497 e. The van der Waals surface area contributed by atoms with Gasteiger partial charge in [-0.15, -0.1) is 0 Å². The molecule has 0 radical (unpaired) electrons. The van der Waals surface area contributed by atoms with Gasteiger partial charge in [-0.05, 0) is 84.6 Å². The van der Waals surface area contributed by atoms with Gasteiger partial charge < -0.3 is 15.0 Å². The molecule has 4 aromatic rings. The summed E-state index contributed by atoms with van der Waals surface area (Å²) in [6.07, 6.45) is 5.06. The van der Waals surface area contributed by atoms with Crippen molar-refractivity contribution in [1.82, 2.24) is 10.2 Å². The maximum atomic E-state index is 14.7. The molecule has 2 amide bonds. The minimum absolute atomic E-state index is 0.0116. The van der Waals surface area contributed by atoms with E-state index in [1.165, 1.54) is 48.4 Å². The minimum atomic E-state index is -4.29. The van der Waals surface area contributed by atoms with Gasteiger partial charge in [0.1, 0.15) is 18.3 Å². The summed E-state index contributed by atoms with van der Waals surface area (Å²) in [5, 5.41) is 4.24. The van der Waals surface area contributed by atoms with E-state index in [-0.39, 0.29) is 35.5 Å². The Morgan fingerprint density at radius 1 is 0.837 bits per heavy atom. The molecule has 4 aromatic carbocycles. The van der Waals surface area contributed by atoms with Gasteiger partial charge in [0.2, 0.25) is 11.8 Å². The lowest BCUT2D eigenvalue weighted by Gasteiger charge is -2.35. The van der Waals surface area contributed by atoms with Gasteiger partial charge in [-0.2, -0.15) is 0 Å². The van der Waals surface area contributed by atoms with Gasteiger partial charge in [0.25, 0.3) is 10.0 Å². The highest BCUT2D eigenvalue weighted by molar-refractivity contribution is 7.92. The van der Waals surface area contributed by atoms with Crippen molar-refractivity contribution in [2.24, 2.45) is 0 Å². The lowest BCUT2D eigenvalue weighted by Crippen LogP contribution is -2.55. The summed E-state index contributed by atoms with van der Waals surface area (Å²) in [6, 6.07) is 25.6. The molecule has 1 atom stereocenters. The van der Waals surface area contributed by atoms with Gasteiger partial charge in [0.15, 0.2) is 0 Å². The number of rotatable bonds is 13. The van der Waals surface area contributed by atoms with E-state index in [1.807, 2.05) is 30.3 Å². The number of hydrogen-bond donors (Lipinski definition) is 1. The lowest BCUT2D eigenvalue weighted by atomic mass is 9.94. The van der Waals surface area contributed by atoms with E-state index in [0.717, 1.165) is 42.0 Å². The highest BCUT2D eigenvalue weighted by atomic mass is 35.5. The van der Waals surface area contributed by atoms with Crippen LogP contribution in [0.3, 0.4) is 0 Å². The number of ether oxygens (including phenoxy) is 1. The highest BCUT2D eigenvalue weighted by Gasteiger charge is 2.35. The average Bonchev–Trinajstić information content (AvgIpc) is 3.11. The number of anilines is 1. The number of carbonyl (C=O) groups is 2. The molecule has 1 aliphatic rings. The van der Waals surface area contributed by atoms with E-state index in [4.69, 9.17) is 39.5 Å². The van der Waals surface area contributed by atoms with Gasteiger partial charge in [-0.25, -0.2) is 8.42 Å². The molecule has 8 nitrogen and oxygen atoms in total. The van der Waals surface area contributed by atoms with Crippen LogP contribution in [0.4, 0.5) is 5.69 Å². The Hall–Kier alpha value is -3.76. The summed E-state index contributed by atoms with van der Waals surface area (Å²) in [4.78, 5) is 30.3. The number of carbonyl (C=O) groups excluding carboxylic acids is 2. The van der Waals surface area contributed by atoms with Crippen molar-refractivity contribution in [3.05, 3.63) is 123 Å². The van der Waals surface area contributed by atoms with Crippen LogP contribution in [0.1, 0.15) is 43.2 Å². The standard InChI is InChI=1S/C37H38Cl3N3O5S/c1-48-31-17-19-32(20-18-31)49(46,47)43(30-15-13-28(38)14-16-30)25-36(44)42(24-27-12-21-33(39)34(40)22-27)35(23-26-8-4-2-5-9-26)37(45)41-29-10-6-3-7-11-29/h2,4-5,8-9,12-22,29,35H,3,6-7,10-11,23-25H2,1H3,(H,41,45). The number of benzene rings is 4. The zero-order chi connectivity index (χ0) is 35.0. The van der Waals surface area contributed by atoms with Gasteiger partial charge >= 0.3 is 0 Å². The molecule has 1 N–H and O–H groups in total. The third kappa shape index (κ3) is 9.48. The first kappa shape index (κ1) is 36.5. The van der Waals surface area contributed by atoms with E-state index in [0.29, 0.717) is 26.4 Å². The Morgan fingerprint density at radius 3 is 2.14 bits per heavy atom. The summed E-state index contributed by atoms with van der Waals surface area (Å²) in [7, 11) is -2.80. The van der Waals surface area contributed by atoms with Gasteiger partial charge in [0, 0.05) is 24.0 Å². The third-order valence-electron chi connectivity index (χ3n) is 8.60. The first-order valence-electron chi connectivity index (χ1n) is 16.0. The second-order valence-corrected chi connectivity index (χ2v) is 15.1. The third-order valence-corrected chi connectivity index (χ3v) is 11.4. The number of nitrogens with zero attached hydrogens (tertiary/aromatic N) is 2. The topological polar surface area (TPSA) is 96.0 Å². The molecule has 0 bridgehead atoms. The molecule has 0 aromatic heterocycles. The number of nitrogens with one attached hydrogen (secondary N) is 1. The Morgan fingerprint density at radius 2 is 1.51 bits per heavy atom. The molecule has 1 unspecified atom stereocenters. The van der Waals surface area contributed by atoms with Crippen molar-refractivity contribution in [3.63, 3.8) is 0 Å². The average molecular weight is 743 g/mol. The fraction of sp³-hybridized carbons (Fsp3) is 0.297. The van der Waals surface area contributed by atoms with Crippen LogP contribution in [0.25, 0.3) is 0 Å². The lowest BCUT2D eigenvalue weighted by molar-refractivity contribution is -0.140. The summed E-state index contributed by atoms with van der Waals surface area (Å²) in [5.74, 6) is -0.411. The SMILES string of the molecule is COc1ccc(S(=O)(=O)N(CC(=O)N(Cc2ccc(Cl)c(Cl)c2)C(Cc2ccccc2)C(=O)NC2CCCCC2)c2ccc(Cl)cc2)cc1. The maximum Gasteiger partial charge on any atom is 0.264 e. The largest absolute Gasteiger partial charge is 0.497 e. The van der Waals surface area contributed by atoms with E-state index < -0.39 is 28.5 Å². The second-order valence-electron chi connectivity index (χ2n) is 12.0.